The van der Waals surface area contributed by atoms with Crippen molar-refractivity contribution < 1.29 is 9.13 Å². The van der Waals surface area contributed by atoms with E-state index in [4.69, 9.17) is 4.74 Å². The molecule has 3 heteroatoms. The summed E-state index contributed by atoms with van der Waals surface area (Å²) in [5.41, 5.74) is 0. The summed E-state index contributed by atoms with van der Waals surface area (Å²) in [7, 11) is 0. The lowest BCUT2D eigenvalue weighted by Gasteiger charge is -2.21. The first-order valence-corrected chi connectivity index (χ1v) is 7.13. The van der Waals surface area contributed by atoms with E-state index >= 15 is 0 Å². The van der Waals surface area contributed by atoms with E-state index in [1.807, 2.05) is 0 Å². The number of benzene rings is 1. The highest BCUT2D eigenvalue weighted by Crippen LogP contribution is 2.29. The SMILES string of the molecule is Fc1cccc(OCCC2CCCCC2)c1Br. The summed E-state index contributed by atoms with van der Waals surface area (Å²) >= 11 is 3.21. The van der Waals surface area contributed by atoms with E-state index in [9.17, 15) is 4.39 Å². The smallest absolute Gasteiger partial charge is 0.141 e. The predicted molar refractivity (Wildman–Crippen MR) is 70.8 cm³/mol. The van der Waals surface area contributed by atoms with Crippen molar-refractivity contribution in [1.29, 1.82) is 0 Å². The molecule has 94 valence electrons. The van der Waals surface area contributed by atoms with Crippen LogP contribution >= 0.6 is 15.9 Å². The number of rotatable bonds is 4. The average molecular weight is 301 g/mol. The Morgan fingerprint density at radius 2 is 2.00 bits per heavy atom. The summed E-state index contributed by atoms with van der Waals surface area (Å²) in [5.74, 6) is 1.15. The first kappa shape index (κ1) is 12.9. The fraction of sp³-hybridized carbons (Fsp3) is 0.571. The standard InChI is InChI=1S/C14H18BrFO/c15-14-12(16)7-4-8-13(14)17-10-9-11-5-2-1-3-6-11/h4,7-8,11H,1-3,5-6,9-10H2. The Balaban J connectivity index is 1.79. The number of hydrogen-bond acceptors (Lipinski definition) is 1. The summed E-state index contributed by atoms with van der Waals surface area (Å²) in [6, 6.07) is 4.90. The Bertz CT molecular complexity index is 361. The van der Waals surface area contributed by atoms with Crippen molar-refractivity contribution in [2.75, 3.05) is 6.61 Å². The predicted octanol–water partition coefficient (Wildman–Crippen LogP) is 4.94. The molecule has 0 bridgehead atoms. The van der Waals surface area contributed by atoms with Crippen molar-refractivity contribution in [1.82, 2.24) is 0 Å². The third kappa shape index (κ3) is 3.70. The largest absolute Gasteiger partial charge is 0.492 e. The molecule has 0 aliphatic heterocycles. The van der Waals surface area contributed by atoms with Crippen LogP contribution in [0.15, 0.2) is 22.7 Å². The molecule has 1 fully saturated rings. The lowest BCUT2D eigenvalue weighted by Crippen LogP contribution is -2.10. The van der Waals surface area contributed by atoms with Gasteiger partial charge in [-0.2, -0.15) is 0 Å². The number of halogens is 2. The zero-order valence-electron chi connectivity index (χ0n) is 9.92. The molecular formula is C14H18BrFO. The summed E-state index contributed by atoms with van der Waals surface area (Å²) < 4.78 is 19.3. The van der Waals surface area contributed by atoms with Crippen LogP contribution in [0.5, 0.6) is 5.75 Å². The van der Waals surface area contributed by atoms with Gasteiger partial charge >= 0.3 is 0 Å². The Hall–Kier alpha value is -0.570. The van der Waals surface area contributed by atoms with Gasteiger partial charge in [0.1, 0.15) is 11.6 Å². The van der Waals surface area contributed by atoms with Gasteiger partial charge in [-0.15, -0.1) is 0 Å². The zero-order valence-corrected chi connectivity index (χ0v) is 11.5. The average Bonchev–Trinajstić information content (AvgIpc) is 2.36. The number of ether oxygens (including phenoxy) is 1. The molecule has 0 aromatic heterocycles. The molecule has 1 aromatic carbocycles. The zero-order chi connectivity index (χ0) is 12.1. The van der Waals surface area contributed by atoms with E-state index in [1.165, 1.54) is 38.2 Å². The first-order chi connectivity index (χ1) is 8.27. The highest BCUT2D eigenvalue weighted by molar-refractivity contribution is 9.10. The van der Waals surface area contributed by atoms with Crippen molar-refractivity contribution in [3.8, 4) is 5.75 Å². The van der Waals surface area contributed by atoms with Crippen LogP contribution in [0, 0.1) is 11.7 Å². The highest BCUT2D eigenvalue weighted by atomic mass is 79.9. The van der Waals surface area contributed by atoms with Gasteiger partial charge < -0.3 is 4.74 Å². The molecule has 1 aliphatic rings. The van der Waals surface area contributed by atoms with Crippen molar-refractivity contribution in [3.05, 3.63) is 28.5 Å². The van der Waals surface area contributed by atoms with Crippen LogP contribution < -0.4 is 4.74 Å². The molecule has 0 saturated heterocycles. The highest BCUT2D eigenvalue weighted by Gasteiger charge is 2.13. The van der Waals surface area contributed by atoms with Crippen LogP contribution in [0.4, 0.5) is 4.39 Å². The lowest BCUT2D eigenvalue weighted by molar-refractivity contribution is 0.244. The Morgan fingerprint density at radius 3 is 2.76 bits per heavy atom. The Labute approximate surface area is 110 Å². The summed E-state index contributed by atoms with van der Waals surface area (Å²) in [6.07, 6.45) is 7.83. The molecule has 0 heterocycles. The normalized spacial score (nSPS) is 17.1. The molecule has 0 amide bonds. The van der Waals surface area contributed by atoms with Gasteiger partial charge in [-0.3, -0.25) is 0 Å². The van der Waals surface area contributed by atoms with Crippen molar-refractivity contribution in [3.63, 3.8) is 0 Å². The van der Waals surface area contributed by atoms with Gasteiger partial charge in [-0.05, 0) is 40.4 Å². The van der Waals surface area contributed by atoms with Crippen LogP contribution in [0.25, 0.3) is 0 Å². The molecule has 1 aromatic rings. The third-order valence-corrected chi connectivity index (χ3v) is 4.19. The van der Waals surface area contributed by atoms with Crippen LogP contribution in [0.2, 0.25) is 0 Å². The van der Waals surface area contributed by atoms with Crippen LogP contribution in [0.1, 0.15) is 38.5 Å². The van der Waals surface area contributed by atoms with E-state index in [0.29, 0.717) is 16.8 Å². The van der Waals surface area contributed by atoms with Gasteiger partial charge in [-0.1, -0.05) is 38.2 Å². The van der Waals surface area contributed by atoms with E-state index in [0.717, 1.165) is 12.3 Å². The first-order valence-electron chi connectivity index (χ1n) is 6.34. The molecule has 0 spiro atoms. The second kappa shape index (κ2) is 6.39. The Morgan fingerprint density at radius 1 is 1.24 bits per heavy atom. The van der Waals surface area contributed by atoms with Gasteiger partial charge in [0.05, 0.1) is 11.1 Å². The molecule has 17 heavy (non-hydrogen) atoms. The minimum Gasteiger partial charge on any atom is -0.492 e. The van der Waals surface area contributed by atoms with Crippen LogP contribution in [-0.4, -0.2) is 6.61 Å². The van der Waals surface area contributed by atoms with E-state index in [1.54, 1.807) is 12.1 Å². The molecule has 1 nitrogen and oxygen atoms in total. The molecule has 1 saturated carbocycles. The number of hydrogen-bond donors (Lipinski definition) is 0. The fourth-order valence-corrected chi connectivity index (χ4v) is 2.79. The molecule has 0 N–H and O–H groups in total. The lowest BCUT2D eigenvalue weighted by atomic mass is 9.87. The van der Waals surface area contributed by atoms with E-state index in [-0.39, 0.29) is 5.82 Å². The topological polar surface area (TPSA) is 9.23 Å². The quantitative estimate of drug-likeness (QED) is 0.765. The van der Waals surface area contributed by atoms with Gasteiger partial charge in [0.15, 0.2) is 0 Å². The summed E-state index contributed by atoms with van der Waals surface area (Å²) in [4.78, 5) is 0. The second-order valence-corrected chi connectivity index (χ2v) is 5.49. The summed E-state index contributed by atoms with van der Waals surface area (Å²) in [5, 5.41) is 0. The minimum absolute atomic E-state index is 0.264. The molecule has 0 unspecified atom stereocenters. The fourth-order valence-electron chi connectivity index (χ4n) is 2.41. The van der Waals surface area contributed by atoms with E-state index in [2.05, 4.69) is 15.9 Å². The molecule has 0 radical (unpaired) electrons. The van der Waals surface area contributed by atoms with Gasteiger partial charge in [0.25, 0.3) is 0 Å². The van der Waals surface area contributed by atoms with E-state index < -0.39 is 0 Å². The van der Waals surface area contributed by atoms with Gasteiger partial charge in [0.2, 0.25) is 0 Å². The van der Waals surface area contributed by atoms with Crippen molar-refractivity contribution in [2.45, 2.75) is 38.5 Å². The maximum Gasteiger partial charge on any atom is 0.141 e. The minimum atomic E-state index is -0.264. The summed E-state index contributed by atoms with van der Waals surface area (Å²) in [6.45, 7) is 0.687. The Kier molecular flexibility index (Phi) is 4.84. The van der Waals surface area contributed by atoms with Crippen LogP contribution in [-0.2, 0) is 0 Å². The van der Waals surface area contributed by atoms with Crippen molar-refractivity contribution >= 4 is 15.9 Å². The maximum absolute atomic E-state index is 13.2. The second-order valence-electron chi connectivity index (χ2n) is 4.69. The van der Waals surface area contributed by atoms with Crippen molar-refractivity contribution in [2.24, 2.45) is 5.92 Å². The maximum atomic E-state index is 13.2. The molecular weight excluding hydrogens is 283 g/mol. The third-order valence-electron chi connectivity index (χ3n) is 3.42. The monoisotopic (exact) mass is 300 g/mol. The van der Waals surface area contributed by atoms with Gasteiger partial charge in [-0.25, -0.2) is 4.39 Å². The van der Waals surface area contributed by atoms with Crippen LogP contribution in [0.3, 0.4) is 0 Å². The molecule has 0 atom stereocenters. The van der Waals surface area contributed by atoms with Gasteiger partial charge in [0, 0.05) is 0 Å². The molecule has 2 rings (SSSR count). The molecule has 1 aliphatic carbocycles.